The fourth-order valence-electron chi connectivity index (χ4n) is 2.93. The summed E-state index contributed by atoms with van der Waals surface area (Å²) >= 11 is 0. The van der Waals surface area contributed by atoms with Gasteiger partial charge in [0.15, 0.2) is 5.76 Å². The number of rotatable bonds is 5. The molecule has 0 saturated heterocycles. The lowest BCUT2D eigenvalue weighted by Crippen LogP contribution is -2.21. The zero-order chi connectivity index (χ0) is 17.7. The number of allylic oxidation sites excluding steroid dienone is 2. The van der Waals surface area contributed by atoms with Crippen LogP contribution < -0.4 is 5.73 Å². The van der Waals surface area contributed by atoms with E-state index in [0.29, 0.717) is 17.1 Å². The van der Waals surface area contributed by atoms with E-state index in [9.17, 15) is 9.90 Å². The average Bonchev–Trinajstić information content (AvgIpc) is 2.65. The van der Waals surface area contributed by atoms with Crippen LogP contribution in [0.15, 0.2) is 52.2 Å². The van der Waals surface area contributed by atoms with Gasteiger partial charge in [-0.3, -0.25) is 0 Å². The van der Waals surface area contributed by atoms with E-state index in [2.05, 4.69) is 11.7 Å². The molecule has 1 saturated carbocycles. The van der Waals surface area contributed by atoms with Crippen molar-refractivity contribution in [3.8, 4) is 0 Å². The number of hydrogen-bond acceptors (Lipinski definition) is 5. The van der Waals surface area contributed by atoms with Crippen molar-refractivity contribution < 1.29 is 19.5 Å². The van der Waals surface area contributed by atoms with Gasteiger partial charge in [0.1, 0.15) is 11.3 Å². The van der Waals surface area contributed by atoms with Crippen molar-refractivity contribution in [3.05, 3.63) is 47.1 Å². The first-order valence-corrected chi connectivity index (χ1v) is 8.14. The molecule has 0 aromatic heterocycles. The number of nitrogens with zero attached hydrogens (tertiary/aromatic N) is 1. The minimum atomic E-state index is -1.16. The summed E-state index contributed by atoms with van der Waals surface area (Å²) < 4.78 is 5.97. The number of oxime groups is 1. The number of carboxylic acids is 1. The highest BCUT2D eigenvalue weighted by molar-refractivity contribution is 6.19. The first-order valence-electron chi connectivity index (χ1n) is 8.14. The molecule has 0 bridgehead atoms. The molecule has 0 radical (unpaired) electrons. The smallest absolute Gasteiger partial charge is 0.339 e. The molecule has 0 atom stereocenters. The summed E-state index contributed by atoms with van der Waals surface area (Å²) in [6.45, 7) is 7.32. The van der Waals surface area contributed by atoms with E-state index in [1.165, 1.54) is 13.3 Å². The zero-order valence-corrected chi connectivity index (χ0v) is 14.2. The van der Waals surface area contributed by atoms with Crippen molar-refractivity contribution in [3.63, 3.8) is 0 Å². The predicted molar refractivity (Wildman–Crippen MR) is 92.0 cm³/mol. The van der Waals surface area contributed by atoms with Gasteiger partial charge in [-0.1, -0.05) is 24.2 Å². The molecule has 1 heterocycles. The molecule has 1 aliphatic carbocycles. The molecule has 6 heteroatoms. The Bertz CT molecular complexity index is 650. The number of carboxylic acid groups (broad SMARTS) is 1. The summed E-state index contributed by atoms with van der Waals surface area (Å²) in [5.41, 5.74) is 6.64. The highest BCUT2D eigenvalue weighted by Crippen LogP contribution is 2.31. The Kier molecular flexibility index (Phi) is 5.84. The summed E-state index contributed by atoms with van der Waals surface area (Å²) in [7, 11) is 0. The fraction of sp³-hybridized carbons (Fsp3) is 0.444. The second-order valence-electron chi connectivity index (χ2n) is 5.90. The number of ether oxygens (including phenoxy) is 1. The van der Waals surface area contributed by atoms with Gasteiger partial charge in [-0.05, 0) is 45.6 Å². The highest BCUT2D eigenvalue weighted by Gasteiger charge is 2.28. The molecule has 130 valence electrons. The Morgan fingerprint density at radius 3 is 2.62 bits per heavy atom. The third-order valence-electron chi connectivity index (χ3n) is 4.10. The summed E-state index contributed by atoms with van der Waals surface area (Å²) in [5, 5.41) is 13.3. The Morgan fingerprint density at radius 2 is 2.04 bits per heavy atom. The number of aliphatic carboxylic acids is 1. The summed E-state index contributed by atoms with van der Waals surface area (Å²) in [6.07, 6.45) is 8.84. The Hall–Kier alpha value is -2.50. The SMILES string of the molecule is C=C(OC1CCCCC1)C1=C(/C=C\C)ON=C(C)C(C(=O)O)=C1N. The molecule has 0 aromatic rings. The molecule has 6 nitrogen and oxygen atoms in total. The lowest BCUT2D eigenvalue weighted by Gasteiger charge is -2.25. The van der Waals surface area contributed by atoms with Crippen molar-refractivity contribution in [2.45, 2.75) is 52.1 Å². The van der Waals surface area contributed by atoms with E-state index in [1.54, 1.807) is 12.2 Å². The molecule has 2 aliphatic rings. The lowest BCUT2D eigenvalue weighted by atomic mass is 9.97. The van der Waals surface area contributed by atoms with Crippen LogP contribution >= 0.6 is 0 Å². The second kappa shape index (κ2) is 7.86. The van der Waals surface area contributed by atoms with Gasteiger partial charge in [0.05, 0.1) is 23.1 Å². The van der Waals surface area contributed by atoms with Crippen LogP contribution in [-0.4, -0.2) is 22.9 Å². The number of carbonyl (C=O) groups is 1. The molecule has 0 unspecified atom stereocenters. The predicted octanol–water partition coefficient (Wildman–Crippen LogP) is 3.38. The summed E-state index contributed by atoms with van der Waals surface area (Å²) in [5.74, 6) is -0.524. The number of hydrogen-bond donors (Lipinski definition) is 2. The third-order valence-corrected chi connectivity index (χ3v) is 4.10. The standard InChI is InChI=1S/C18H24N2O4/c1-4-8-14-16(12(3)23-13-9-6-5-7-10-13)17(19)15(18(21)22)11(2)20-24-14/h4,8,13H,3,5-7,9-10,19H2,1-2H3,(H,21,22)/b8-4-. The zero-order valence-electron chi connectivity index (χ0n) is 14.2. The Balaban J connectivity index is 2.42. The molecule has 1 fully saturated rings. The van der Waals surface area contributed by atoms with Crippen LogP contribution in [0.2, 0.25) is 0 Å². The van der Waals surface area contributed by atoms with Gasteiger partial charge in [-0.25, -0.2) is 4.79 Å². The first-order chi connectivity index (χ1) is 11.5. The van der Waals surface area contributed by atoms with Crippen LogP contribution in [0.3, 0.4) is 0 Å². The number of nitrogens with two attached hydrogens (primary N) is 1. The minimum absolute atomic E-state index is 0.0511. The lowest BCUT2D eigenvalue weighted by molar-refractivity contribution is -0.132. The van der Waals surface area contributed by atoms with Crippen LogP contribution in [-0.2, 0) is 14.4 Å². The van der Waals surface area contributed by atoms with Crippen LogP contribution in [0, 0.1) is 0 Å². The molecule has 0 amide bonds. The average molecular weight is 332 g/mol. The van der Waals surface area contributed by atoms with Crippen LogP contribution in [0.25, 0.3) is 0 Å². The van der Waals surface area contributed by atoms with Gasteiger partial charge >= 0.3 is 5.97 Å². The van der Waals surface area contributed by atoms with Gasteiger partial charge < -0.3 is 20.4 Å². The quantitative estimate of drug-likeness (QED) is 0.753. The van der Waals surface area contributed by atoms with Gasteiger partial charge in [0, 0.05) is 0 Å². The first kappa shape index (κ1) is 17.8. The minimum Gasteiger partial charge on any atom is -0.490 e. The maximum Gasteiger partial charge on any atom is 0.339 e. The third kappa shape index (κ3) is 3.88. The monoisotopic (exact) mass is 332 g/mol. The molecule has 24 heavy (non-hydrogen) atoms. The van der Waals surface area contributed by atoms with Crippen molar-refractivity contribution in [1.82, 2.24) is 0 Å². The largest absolute Gasteiger partial charge is 0.490 e. The van der Waals surface area contributed by atoms with Gasteiger partial charge in [0.2, 0.25) is 0 Å². The highest BCUT2D eigenvalue weighted by atomic mass is 16.6. The van der Waals surface area contributed by atoms with Gasteiger partial charge in [0.25, 0.3) is 0 Å². The molecule has 3 N–H and O–H groups in total. The Labute approximate surface area is 142 Å². The van der Waals surface area contributed by atoms with Crippen molar-refractivity contribution >= 4 is 11.7 Å². The molecule has 1 aliphatic heterocycles. The Morgan fingerprint density at radius 1 is 1.38 bits per heavy atom. The molecular formula is C18H24N2O4. The van der Waals surface area contributed by atoms with E-state index in [1.807, 2.05) is 6.92 Å². The molecule has 0 aromatic carbocycles. The van der Waals surface area contributed by atoms with Gasteiger partial charge in [-0.15, -0.1) is 0 Å². The maximum atomic E-state index is 11.6. The fourth-order valence-corrected chi connectivity index (χ4v) is 2.93. The van der Waals surface area contributed by atoms with Crippen LogP contribution in [0.1, 0.15) is 46.0 Å². The van der Waals surface area contributed by atoms with Crippen molar-refractivity contribution in [2.75, 3.05) is 0 Å². The van der Waals surface area contributed by atoms with Gasteiger partial charge in [-0.2, -0.15) is 0 Å². The molecular weight excluding hydrogens is 308 g/mol. The maximum absolute atomic E-state index is 11.6. The molecule has 0 spiro atoms. The van der Waals surface area contributed by atoms with Crippen LogP contribution in [0.5, 0.6) is 0 Å². The van der Waals surface area contributed by atoms with E-state index in [-0.39, 0.29) is 23.1 Å². The van der Waals surface area contributed by atoms with E-state index >= 15 is 0 Å². The normalized spacial score (nSPS) is 19.8. The second-order valence-corrected chi connectivity index (χ2v) is 5.90. The van der Waals surface area contributed by atoms with Crippen LogP contribution in [0.4, 0.5) is 0 Å². The van der Waals surface area contributed by atoms with E-state index in [0.717, 1.165) is 25.7 Å². The van der Waals surface area contributed by atoms with Crippen molar-refractivity contribution in [2.24, 2.45) is 10.9 Å². The topological polar surface area (TPSA) is 94.1 Å². The van der Waals surface area contributed by atoms with E-state index < -0.39 is 5.97 Å². The summed E-state index contributed by atoms with van der Waals surface area (Å²) in [4.78, 5) is 16.9. The van der Waals surface area contributed by atoms with E-state index in [4.69, 9.17) is 15.3 Å². The summed E-state index contributed by atoms with van der Waals surface area (Å²) in [6, 6.07) is 0. The van der Waals surface area contributed by atoms with Crippen molar-refractivity contribution in [1.29, 1.82) is 0 Å². The molecule has 2 rings (SSSR count).